The van der Waals surface area contributed by atoms with Gasteiger partial charge in [-0.2, -0.15) is 0 Å². The second-order valence-electron chi connectivity index (χ2n) is 5.63. The molecule has 18 heavy (non-hydrogen) atoms. The van der Waals surface area contributed by atoms with E-state index in [1.807, 2.05) is 12.1 Å². The van der Waals surface area contributed by atoms with Gasteiger partial charge in [0.25, 0.3) is 0 Å². The molecule has 0 aliphatic heterocycles. The lowest BCUT2D eigenvalue weighted by Crippen LogP contribution is -2.35. The Kier molecular flexibility index (Phi) is 2.24. The van der Waals surface area contributed by atoms with Gasteiger partial charge < -0.3 is 10.3 Å². The van der Waals surface area contributed by atoms with Gasteiger partial charge in [-0.3, -0.25) is 0 Å². The molecule has 1 aromatic heterocycles. The minimum absolute atomic E-state index is 0.131. The number of nitrogens with one attached hydrogen (secondary N) is 2. The number of benzene rings is 1. The Hall–Kier alpha value is -1.35. The first-order valence-corrected chi connectivity index (χ1v) is 6.85. The molecule has 0 saturated heterocycles. The molecule has 3 heteroatoms. The highest BCUT2D eigenvalue weighted by atomic mass is 19.1. The molecule has 2 aliphatic rings. The second kappa shape index (κ2) is 3.82. The van der Waals surface area contributed by atoms with Crippen molar-refractivity contribution in [2.24, 2.45) is 0 Å². The number of fused-ring (bicyclic) bond motifs is 3. The minimum Gasteiger partial charge on any atom is -0.356 e. The van der Waals surface area contributed by atoms with Crippen molar-refractivity contribution in [3.8, 4) is 0 Å². The standard InChI is InChI=1S/C15H17FN2/c16-13-3-1-2-11-12-8-10(17-9-4-5-9)6-7-14(12)18-15(11)13/h1-3,9-10,17-18H,4-8H2. The second-order valence-corrected chi connectivity index (χ2v) is 5.63. The van der Waals surface area contributed by atoms with E-state index in [1.165, 1.54) is 30.2 Å². The molecule has 94 valence electrons. The highest BCUT2D eigenvalue weighted by molar-refractivity contribution is 5.85. The van der Waals surface area contributed by atoms with E-state index in [0.29, 0.717) is 11.6 Å². The summed E-state index contributed by atoms with van der Waals surface area (Å²) in [4.78, 5) is 3.27. The third-order valence-electron chi connectivity index (χ3n) is 4.22. The van der Waals surface area contributed by atoms with Gasteiger partial charge in [0.2, 0.25) is 0 Å². The molecule has 2 aliphatic carbocycles. The number of halogens is 1. The van der Waals surface area contributed by atoms with Crippen LogP contribution in [-0.4, -0.2) is 17.1 Å². The van der Waals surface area contributed by atoms with Crippen molar-refractivity contribution < 1.29 is 4.39 Å². The lowest BCUT2D eigenvalue weighted by atomic mass is 9.91. The smallest absolute Gasteiger partial charge is 0.147 e. The molecule has 1 fully saturated rings. The lowest BCUT2D eigenvalue weighted by molar-refractivity contribution is 0.455. The zero-order chi connectivity index (χ0) is 12.1. The summed E-state index contributed by atoms with van der Waals surface area (Å²) in [6.45, 7) is 0. The Morgan fingerprint density at radius 2 is 2.06 bits per heavy atom. The van der Waals surface area contributed by atoms with Crippen LogP contribution < -0.4 is 5.32 Å². The first-order chi connectivity index (χ1) is 8.81. The molecule has 1 unspecified atom stereocenters. The number of aryl methyl sites for hydroxylation is 1. The van der Waals surface area contributed by atoms with Gasteiger partial charge in [0.1, 0.15) is 5.82 Å². The van der Waals surface area contributed by atoms with Gasteiger partial charge in [-0.1, -0.05) is 12.1 Å². The first kappa shape index (κ1) is 10.6. The Morgan fingerprint density at radius 1 is 1.17 bits per heavy atom. The van der Waals surface area contributed by atoms with E-state index >= 15 is 0 Å². The molecular weight excluding hydrogens is 227 g/mol. The van der Waals surface area contributed by atoms with Gasteiger partial charge in [0.15, 0.2) is 0 Å². The summed E-state index contributed by atoms with van der Waals surface area (Å²) < 4.78 is 13.7. The fraction of sp³-hybridized carbons (Fsp3) is 0.467. The molecule has 1 heterocycles. The SMILES string of the molecule is Fc1cccc2c3c([nH]c12)CCC(NC1CC1)C3. The van der Waals surface area contributed by atoms with E-state index < -0.39 is 0 Å². The van der Waals surface area contributed by atoms with Gasteiger partial charge in [-0.05, 0) is 43.7 Å². The maximum absolute atomic E-state index is 13.7. The van der Waals surface area contributed by atoms with Crippen LogP contribution >= 0.6 is 0 Å². The van der Waals surface area contributed by atoms with E-state index in [1.54, 1.807) is 0 Å². The molecule has 4 rings (SSSR count). The number of aromatic nitrogens is 1. The topological polar surface area (TPSA) is 27.8 Å². The van der Waals surface area contributed by atoms with E-state index in [0.717, 1.165) is 30.7 Å². The Labute approximate surface area is 106 Å². The first-order valence-electron chi connectivity index (χ1n) is 6.85. The van der Waals surface area contributed by atoms with Crippen LogP contribution in [0.3, 0.4) is 0 Å². The van der Waals surface area contributed by atoms with Gasteiger partial charge in [-0.15, -0.1) is 0 Å². The maximum atomic E-state index is 13.7. The van der Waals surface area contributed by atoms with Crippen LogP contribution in [0.2, 0.25) is 0 Å². The average Bonchev–Trinajstić information content (AvgIpc) is 3.10. The van der Waals surface area contributed by atoms with Crippen LogP contribution in [0.4, 0.5) is 4.39 Å². The molecule has 2 N–H and O–H groups in total. The van der Waals surface area contributed by atoms with Crippen LogP contribution in [0.1, 0.15) is 30.5 Å². The quantitative estimate of drug-likeness (QED) is 0.835. The zero-order valence-corrected chi connectivity index (χ0v) is 10.3. The van der Waals surface area contributed by atoms with Crippen molar-refractivity contribution >= 4 is 10.9 Å². The number of hydrogen-bond donors (Lipinski definition) is 2. The minimum atomic E-state index is -0.131. The third-order valence-corrected chi connectivity index (χ3v) is 4.22. The zero-order valence-electron chi connectivity index (χ0n) is 10.3. The van der Waals surface area contributed by atoms with Crippen molar-refractivity contribution in [2.75, 3.05) is 0 Å². The van der Waals surface area contributed by atoms with Crippen LogP contribution in [0, 0.1) is 5.82 Å². The van der Waals surface area contributed by atoms with Crippen LogP contribution in [0.25, 0.3) is 10.9 Å². The largest absolute Gasteiger partial charge is 0.356 e. The molecule has 0 bridgehead atoms. The number of H-pyrrole nitrogens is 1. The van der Waals surface area contributed by atoms with Crippen molar-refractivity contribution in [1.82, 2.24) is 10.3 Å². The van der Waals surface area contributed by atoms with Crippen molar-refractivity contribution in [2.45, 2.75) is 44.2 Å². The highest BCUT2D eigenvalue weighted by Crippen LogP contribution is 2.31. The molecule has 1 aromatic carbocycles. The van der Waals surface area contributed by atoms with Crippen molar-refractivity contribution in [3.63, 3.8) is 0 Å². The molecule has 2 nitrogen and oxygen atoms in total. The lowest BCUT2D eigenvalue weighted by Gasteiger charge is -2.23. The summed E-state index contributed by atoms with van der Waals surface area (Å²) in [6, 6.07) is 6.70. The van der Waals surface area contributed by atoms with E-state index in [4.69, 9.17) is 0 Å². The number of hydrogen-bond acceptors (Lipinski definition) is 1. The highest BCUT2D eigenvalue weighted by Gasteiger charge is 2.28. The van der Waals surface area contributed by atoms with Crippen LogP contribution in [-0.2, 0) is 12.8 Å². The van der Waals surface area contributed by atoms with E-state index in [9.17, 15) is 4.39 Å². The Bertz CT molecular complexity index is 598. The summed E-state index contributed by atoms with van der Waals surface area (Å²) >= 11 is 0. The number of rotatable bonds is 2. The average molecular weight is 244 g/mol. The fourth-order valence-corrected chi connectivity index (χ4v) is 3.13. The number of para-hydroxylation sites is 1. The molecule has 2 aromatic rings. The van der Waals surface area contributed by atoms with Crippen LogP contribution in [0.5, 0.6) is 0 Å². The molecule has 1 atom stereocenters. The monoisotopic (exact) mass is 244 g/mol. The van der Waals surface area contributed by atoms with Gasteiger partial charge >= 0.3 is 0 Å². The molecule has 0 spiro atoms. The van der Waals surface area contributed by atoms with E-state index in [2.05, 4.69) is 10.3 Å². The summed E-state index contributed by atoms with van der Waals surface area (Å²) in [5.74, 6) is -0.131. The third kappa shape index (κ3) is 1.65. The molecule has 0 amide bonds. The van der Waals surface area contributed by atoms with Crippen molar-refractivity contribution in [1.29, 1.82) is 0 Å². The number of aromatic amines is 1. The van der Waals surface area contributed by atoms with Crippen LogP contribution in [0.15, 0.2) is 18.2 Å². The summed E-state index contributed by atoms with van der Waals surface area (Å²) in [6.07, 6.45) is 5.89. The maximum Gasteiger partial charge on any atom is 0.147 e. The van der Waals surface area contributed by atoms with Gasteiger partial charge in [-0.25, -0.2) is 4.39 Å². The predicted molar refractivity (Wildman–Crippen MR) is 70.2 cm³/mol. The summed E-state index contributed by atoms with van der Waals surface area (Å²) in [5.41, 5.74) is 3.26. The molecule has 1 saturated carbocycles. The molecule has 0 radical (unpaired) electrons. The Morgan fingerprint density at radius 3 is 2.89 bits per heavy atom. The van der Waals surface area contributed by atoms with Gasteiger partial charge in [0.05, 0.1) is 5.52 Å². The normalized spacial score (nSPS) is 23.3. The fourth-order valence-electron chi connectivity index (χ4n) is 3.13. The summed E-state index contributed by atoms with van der Waals surface area (Å²) in [7, 11) is 0. The predicted octanol–water partition coefficient (Wildman–Crippen LogP) is 2.92. The summed E-state index contributed by atoms with van der Waals surface area (Å²) in [5, 5.41) is 4.77. The van der Waals surface area contributed by atoms with Crippen molar-refractivity contribution in [3.05, 3.63) is 35.3 Å². The Balaban J connectivity index is 1.72. The van der Waals surface area contributed by atoms with Gasteiger partial charge in [0, 0.05) is 23.2 Å². The molecular formula is C15H17FN2. The van der Waals surface area contributed by atoms with E-state index in [-0.39, 0.29) is 5.82 Å².